The van der Waals surface area contributed by atoms with Crippen LogP contribution in [0, 0.1) is 5.92 Å². The standard InChI is InChI=1S/C22H26N4O3S/c1-2-25(22(27)18-6-4-3-5-7-18)16-17-10-12-26(13-11-17)30(28,29)20-9-8-19-15-23-24-21(19)14-20/h3-9,14-15,17H,2,10-13,16H2,1H3,(H,23,24). The summed E-state index contributed by atoms with van der Waals surface area (Å²) in [5.74, 6) is 0.320. The lowest BCUT2D eigenvalue weighted by molar-refractivity contribution is 0.0717. The zero-order chi connectivity index (χ0) is 21.1. The summed E-state index contributed by atoms with van der Waals surface area (Å²) in [6, 6.07) is 14.3. The summed E-state index contributed by atoms with van der Waals surface area (Å²) < 4.78 is 27.7. The van der Waals surface area contributed by atoms with Crippen molar-refractivity contribution in [2.45, 2.75) is 24.7 Å². The molecule has 1 aromatic heterocycles. The highest BCUT2D eigenvalue weighted by Crippen LogP contribution is 2.26. The third kappa shape index (κ3) is 4.11. The van der Waals surface area contributed by atoms with Crippen LogP contribution in [0.1, 0.15) is 30.1 Å². The Balaban J connectivity index is 1.39. The Bertz CT molecular complexity index is 1120. The number of aromatic nitrogens is 2. The average Bonchev–Trinajstić information content (AvgIpc) is 3.26. The Morgan fingerprint density at radius 1 is 1.17 bits per heavy atom. The summed E-state index contributed by atoms with van der Waals surface area (Å²) >= 11 is 0. The van der Waals surface area contributed by atoms with Crippen molar-refractivity contribution in [1.82, 2.24) is 19.4 Å². The summed E-state index contributed by atoms with van der Waals surface area (Å²) in [4.78, 5) is 14.9. The van der Waals surface area contributed by atoms with E-state index >= 15 is 0 Å². The maximum atomic E-state index is 13.1. The molecule has 0 radical (unpaired) electrons. The normalized spacial score (nSPS) is 16.0. The summed E-state index contributed by atoms with van der Waals surface area (Å²) in [6.45, 7) is 4.19. The molecule has 1 saturated heterocycles. The number of nitrogens with zero attached hydrogens (tertiary/aromatic N) is 3. The predicted octanol–water partition coefficient (Wildman–Crippen LogP) is 3.13. The molecule has 0 aliphatic carbocycles. The van der Waals surface area contributed by atoms with Crippen LogP contribution in [0.2, 0.25) is 0 Å². The number of benzene rings is 2. The van der Waals surface area contributed by atoms with Crippen LogP contribution in [-0.2, 0) is 10.0 Å². The van der Waals surface area contributed by atoms with Gasteiger partial charge in [0.25, 0.3) is 5.91 Å². The zero-order valence-corrected chi connectivity index (χ0v) is 17.8. The molecule has 1 fully saturated rings. The van der Waals surface area contributed by atoms with Crippen molar-refractivity contribution in [2.24, 2.45) is 5.92 Å². The molecule has 1 aliphatic heterocycles. The van der Waals surface area contributed by atoms with E-state index in [0.29, 0.717) is 43.2 Å². The van der Waals surface area contributed by atoms with Crippen LogP contribution in [0.3, 0.4) is 0 Å². The number of fused-ring (bicyclic) bond motifs is 1. The molecule has 1 aliphatic rings. The van der Waals surface area contributed by atoms with E-state index in [0.717, 1.165) is 18.2 Å². The van der Waals surface area contributed by atoms with E-state index in [1.165, 1.54) is 0 Å². The van der Waals surface area contributed by atoms with Crippen molar-refractivity contribution in [3.05, 3.63) is 60.3 Å². The number of rotatable bonds is 6. The maximum Gasteiger partial charge on any atom is 0.253 e. The lowest BCUT2D eigenvalue weighted by Gasteiger charge is -2.34. The van der Waals surface area contributed by atoms with Crippen molar-refractivity contribution >= 4 is 26.8 Å². The number of hydrogen-bond donors (Lipinski definition) is 1. The lowest BCUT2D eigenvalue weighted by atomic mass is 9.97. The highest BCUT2D eigenvalue weighted by molar-refractivity contribution is 7.89. The van der Waals surface area contributed by atoms with E-state index in [1.54, 1.807) is 28.7 Å². The van der Waals surface area contributed by atoms with E-state index in [1.807, 2.05) is 42.2 Å². The van der Waals surface area contributed by atoms with Gasteiger partial charge in [0, 0.05) is 37.1 Å². The maximum absolute atomic E-state index is 13.1. The van der Waals surface area contributed by atoms with Crippen LogP contribution in [0.5, 0.6) is 0 Å². The quantitative estimate of drug-likeness (QED) is 0.656. The van der Waals surface area contributed by atoms with Gasteiger partial charge in [-0.05, 0) is 56.0 Å². The predicted molar refractivity (Wildman–Crippen MR) is 116 cm³/mol. The molecular formula is C22H26N4O3S. The average molecular weight is 427 g/mol. The van der Waals surface area contributed by atoms with Gasteiger partial charge in [0.05, 0.1) is 16.6 Å². The molecule has 1 N–H and O–H groups in total. The van der Waals surface area contributed by atoms with Gasteiger partial charge >= 0.3 is 0 Å². The number of sulfonamides is 1. The van der Waals surface area contributed by atoms with E-state index in [2.05, 4.69) is 10.2 Å². The van der Waals surface area contributed by atoms with Crippen molar-refractivity contribution in [3.8, 4) is 0 Å². The first-order chi connectivity index (χ1) is 14.5. The van der Waals surface area contributed by atoms with Gasteiger partial charge < -0.3 is 4.90 Å². The summed E-state index contributed by atoms with van der Waals surface area (Å²) in [7, 11) is -3.54. The molecule has 0 saturated carbocycles. The van der Waals surface area contributed by atoms with E-state index in [-0.39, 0.29) is 10.8 Å². The molecule has 0 atom stereocenters. The van der Waals surface area contributed by atoms with Crippen LogP contribution in [-0.4, -0.2) is 59.9 Å². The van der Waals surface area contributed by atoms with Gasteiger partial charge in [-0.15, -0.1) is 0 Å². The topological polar surface area (TPSA) is 86.4 Å². The van der Waals surface area contributed by atoms with Crippen LogP contribution in [0.25, 0.3) is 10.9 Å². The second-order valence-corrected chi connectivity index (χ2v) is 9.61. The molecule has 3 aromatic rings. The van der Waals surface area contributed by atoms with Crippen molar-refractivity contribution in [1.29, 1.82) is 0 Å². The first kappa shape index (κ1) is 20.6. The molecule has 1 amide bonds. The Morgan fingerprint density at radius 3 is 2.60 bits per heavy atom. The fourth-order valence-electron chi connectivity index (χ4n) is 3.99. The highest BCUT2D eigenvalue weighted by Gasteiger charge is 2.31. The molecule has 30 heavy (non-hydrogen) atoms. The monoisotopic (exact) mass is 426 g/mol. The summed E-state index contributed by atoms with van der Waals surface area (Å²) in [5, 5.41) is 7.66. The summed E-state index contributed by atoms with van der Waals surface area (Å²) in [6.07, 6.45) is 3.15. The minimum atomic E-state index is -3.54. The zero-order valence-electron chi connectivity index (χ0n) is 17.0. The largest absolute Gasteiger partial charge is 0.339 e. The Labute approximate surface area is 176 Å². The van der Waals surface area contributed by atoms with Crippen LogP contribution in [0.4, 0.5) is 0 Å². The van der Waals surface area contributed by atoms with Crippen LogP contribution in [0.15, 0.2) is 59.6 Å². The first-order valence-electron chi connectivity index (χ1n) is 10.3. The smallest absolute Gasteiger partial charge is 0.253 e. The van der Waals surface area contributed by atoms with Crippen molar-refractivity contribution in [2.75, 3.05) is 26.2 Å². The number of carbonyl (C=O) groups is 1. The molecule has 4 rings (SSSR count). The number of carbonyl (C=O) groups excluding carboxylic acids is 1. The third-order valence-corrected chi connectivity index (χ3v) is 7.69. The van der Waals surface area contributed by atoms with E-state index in [4.69, 9.17) is 0 Å². The number of hydrogen-bond acceptors (Lipinski definition) is 4. The van der Waals surface area contributed by atoms with Gasteiger partial charge in [-0.3, -0.25) is 9.89 Å². The second-order valence-electron chi connectivity index (χ2n) is 7.68. The number of nitrogens with one attached hydrogen (secondary N) is 1. The van der Waals surface area contributed by atoms with Crippen LogP contribution < -0.4 is 0 Å². The molecule has 2 aromatic carbocycles. The lowest BCUT2D eigenvalue weighted by Crippen LogP contribution is -2.42. The Hall–Kier alpha value is -2.71. The molecule has 7 nitrogen and oxygen atoms in total. The molecule has 0 spiro atoms. The van der Waals surface area contributed by atoms with Crippen molar-refractivity contribution in [3.63, 3.8) is 0 Å². The Kier molecular flexibility index (Phi) is 5.87. The third-order valence-electron chi connectivity index (χ3n) is 5.79. The number of piperidine rings is 1. The van der Waals surface area contributed by atoms with Crippen molar-refractivity contribution < 1.29 is 13.2 Å². The fraction of sp³-hybridized carbons (Fsp3) is 0.364. The molecule has 2 heterocycles. The molecule has 0 bridgehead atoms. The van der Waals surface area contributed by atoms with Crippen LogP contribution >= 0.6 is 0 Å². The van der Waals surface area contributed by atoms with Gasteiger partial charge in [-0.2, -0.15) is 9.40 Å². The van der Waals surface area contributed by atoms with Gasteiger partial charge in [0.1, 0.15) is 0 Å². The Morgan fingerprint density at radius 2 is 1.90 bits per heavy atom. The van der Waals surface area contributed by atoms with E-state index in [9.17, 15) is 13.2 Å². The first-order valence-corrected chi connectivity index (χ1v) is 11.7. The van der Waals surface area contributed by atoms with Gasteiger partial charge in [0.15, 0.2) is 0 Å². The highest BCUT2D eigenvalue weighted by atomic mass is 32.2. The van der Waals surface area contributed by atoms with Gasteiger partial charge in [-0.1, -0.05) is 18.2 Å². The number of amides is 1. The minimum absolute atomic E-state index is 0.0287. The fourth-order valence-corrected chi connectivity index (χ4v) is 5.48. The molecular weight excluding hydrogens is 400 g/mol. The van der Waals surface area contributed by atoms with Gasteiger partial charge in [0.2, 0.25) is 10.0 Å². The number of H-pyrrole nitrogens is 1. The summed E-state index contributed by atoms with van der Waals surface area (Å²) in [5.41, 5.74) is 1.40. The van der Waals surface area contributed by atoms with E-state index < -0.39 is 10.0 Å². The number of aromatic amines is 1. The molecule has 158 valence electrons. The molecule has 0 unspecified atom stereocenters. The minimum Gasteiger partial charge on any atom is -0.339 e. The second kappa shape index (κ2) is 8.57. The van der Waals surface area contributed by atoms with Gasteiger partial charge in [-0.25, -0.2) is 8.42 Å². The molecule has 8 heteroatoms. The SMILES string of the molecule is CCN(CC1CCN(S(=O)(=O)c2ccc3cn[nH]c3c2)CC1)C(=O)c1ccccc1.